The maximum atomic E-state index is 13.0. The summed E-state index contributed by atoms with van der Waals surface area (Å²) in [5, 5.41) is 2.92. The van der Waals surface area contributed by atoms with Crippen LogP contribution in [-0.4, -0.2) is 44.3 Å². The van der Waals surface area contributed by atoms with Crippen molar-refractivity contribution < 1.29 is 13.2 Å². The highest BCUT2D eigenvalue weighted by atomic mass is 32.2. The van der Waals surface area contributed by atoms with Crippen molar-refractivity contribution in [2.75, 3.05) is 19.6 Å². The summed E-state index contributed by atoms with van der Waals surface area (Å²) in [6.07, 6.45) is 6.18. The van der Waals surface area contributed by atoms with Gasteiger partial charge in [0.2, 0.25) is 15.9 Å². The van der Waals surface area contributed by atoms with E-state index in [4.69, 9.17) is 5.73 Å². The second-order valence-electron chi connectivity index (χ2n) is 7.87. The van der Waals surface area contributed by atoms with Gasteiger partial charge < -0.3 is 11.1 Å². The Morgan fingerprint density at radius 1 is 1.22 bits per heavy atom. The minimum absolute atomic E-state index is 0.0153. The van der Waals surface area contributed by atoms with Crippen LogP contribution in [0.2, 0.25) is 0 Å². The lowest BCUT2D eigenvalue weighted by atomic mass is 9.92. The molecule has 0 aromatic heterocycles. The lowest BCUT2D eigenvalue weighted by molar-refractivity contribution is -0.126. The van der Waals surface area contributed by atoms with Gasteiger partial charge in [-0.2, -0.15) is 4.31 Å². The summed E-state index contributed by atoms with van der Waals surface area (Å²) >= 11 is 0. The molecular weight excluding hydrogens is 362 g/mol. The Labute approximate surface area is 162 Å². The van der Waals surface area contributed by atoms with Gasteiger partial charge in [0.25, 0.3) is 0 Å². The number of hydrogen-bond donors (Lipinski definition) is 2. The zero-order valence-corrected chi connectivity index (χ0v) is 16.9. The first-order valence-electron chi connectivity index (χ1n) is 10.0. The fraction of sp³-hybridized carbons (Fsp3) is 0.650. The van der Waals surface area contributed by atoms with Crippen molar-refractivity contribution >= 4 is 15.9 Å². The molecule has 27 heavy (non-hydrogen) atoms. The normalized spacial score (nSPS) is 20.1. The van der Waals surface area contributed by atoms with E-state index in [1.807, 2.05) is 19.1 Å². The van der Waals surface area contributed by atoms with Crippen molar-refractivity contribution in [3.8, 4) is 0 Å². The van der Waals surface area contributed by atoms with Crippen LogP contribution >= 0.6 is 0 Å². The van der Waals surface area contributed by atoms with E-state index in [1.54, 1.807) is 6.07 Å². The number of carbonyl (C=O) groups is 1. The van der Waals surface area contributed by atoms with Crippen molar-refractivity contribution in [1.29, 1.82) is 0 Å². The molecule has 0 radical (unpaired) electrons. The number of aryl methyl sites for hydroxylation is 2. The summed E-state index contributed by atoms with van der Waals surface area (Å²) < 4.78 is 27.5. The number of fused-ring (bicyclic) bond motifs is 1. The second kappa shape index (κ2) is 8.71. The van der Waals surface area contributed by atoms with Gasteiger partial charge >= 0.3 is 0 Å². The Bertz CT molecular complexity index is 769. The molecule has 1 aromatic rings. The van der Waals surface area contributed by atoms with E-state index >= 15 is 0 Å². The van der Waals surface area contributed by atoms with Crippen LogP contribution < -0.4 is 11.1 Å². The fourth-order valence-electron chi connectivity index (χ4n) is 3.95. The molecule has 0 saturated carbocycles. The molecule has 1 heterocycles. The van der Waals surface area contributed by atoms with E-state index in [0.717, 1.165) is 25.7 Å². The SMILES string of the molecule is CC(N)CCNC(=O)C1CCN(S(=O)(=O)c2ccc3c(c2)CCCC3)CC1. The molecule has 0 spiro atoms. The van der Waals surface area contributed by atoms with Crippen LogP contribution in [0.25, 0.3) is 0 Å². The summed E-state index contributed by atoms with van der Waals surface area (Å²) in [4.78, 5) is 12.6. The Kier molecular flexibility index (Phi) is 6.55. The van der Waals surface area contributed by atoms with Crippen LogP contribution in [0, 0.1) is 5.92 Å². The number of amides is 1. The molecule has 1 fully saturated rings. The molecule has 3 N–H and O–H groups in total. The minimum Gasteiger partial charge on any atom is -0.356 e. The summed E-state index contributed by atoms with van der Waals surface area (Å²) in [6, 6.07) is 5.64. The molecule has 1 aliphatic heterocycles. The topological polar surface area (TPSA) is 92.5 Å². The number of hydrogen-bond acceptors (Lipinski definition) is 4. The zero-order valence-electron chi connectivity index (χ0n) is 16.1. The highest BCUT2D eigenvalue weighted by Crippen LogP contribution is 2.28. The van der Waals surface area contributed by atoms with Gasteiger partial charge in [0.15, 0.2) is 0 Å². The molecule has 1 aromatic carbocycles. The monoisotopic (exact) mass is 393 g/mol. The highest BCUT2D eigenvalue weighted by molar-refractivity contribution is 7.89. The number of nitrogens with two attached hydrogens (primary N) is 1. The first kappa shape index (κ1) is 20.3. The quantitative estimate of drug-likeness (QED) is 0.771. The van der Waals surface area contributed by atoms with Gasteiger partial charge in [-0.1, -0.05) is 6.07 Å². The van der Waals surface area contributed by atoms with Crippen molar-refractivity contribution in [2.45, 2.75) is 62.8 Å². The maximum Gasteiger partial charge on any atom is 0.243 e. The van der Waals surface area contributed by atoms with Crippen LogP contribution in [0.3, 0.4) is 0 Å². The maximum absolute atomic E-state index is 13.0. The number of carbonyl (C=O) groups excluding carboxylic acids is 1. The zero-order chi connectivity index (χ0) is 19.4. The predicted molar refractivity (Wildman–Crippen MR) is 106 cm³/mol. The van der Waals surface area contributed by atoms with Crippen LogP contribution in [0.4, 0.5) is 0 Å². The summed E-state index contributed by atoms with van der Waals surface area (Å²) in [5.74, 6) is -0.102. The van der Waals surface area contributed by atoms with E-state index in [0.29, 0.717) is 37.4 Å². The predicted octanol–water partition coefficient (Wildman–Crippen LogP) is 1.82. The molecule has 1 atom stereocenters. The van der Waals surface area contributed by atoms with Gasteiger partial charge in [-0.25, -0.2) is 8.42 Å². The third kappa shape index (κ3) is 4.89. The summed E-state index contributed by atoms with van der Waals surface area (Å²) in [6.45, 7) is 3.27. The Morgan fingerprint density at radius 3 is 2.56 bits per heavy atom. The highest BCUT2D eigenvalue weighted by Gasteiger charge is 2.32. The molecule has 1 saturated heterocycles. The van der Waals surface area contributed by atoms with E-state index in [2.05, 4.69) is 5.32 Å². The average Bonchev–Trinajstić information content (AvgIpc) is 2.67. The molecule has 2 aliphatic rings. The minimum atomic E-state index is -3.49. The number of nitrogens with zero attached hydrogens (tertiary/aromatic N) is 1. The van der Waals surface area contributed by atoms with E-state index in [-0.39, 0.29) is 17.9 Å². The standard InChI is InChI=1S/C20H31N3O3S/c1-15(21)8-11-22-20(24)17-9-12-23(13-10-17)27(25,26)19-7-6-16-4-2-3-5-18(16)14-19/h6-7,14-15,17H,2-5,8-13,21H2,1H3,(H,22,24). The lowest BCUT2D eigenvalue weighted by Crippen LogP contribution is -2.43. The van der Waals surface area contributed by atoms with Gasteiger partial charge in [-0.3, -0.25) is 4.79 Å². The van der Waals surface area contributed by atoms with Crippen molar-refractivity contribution in [3.63, 3.8) is 0 Å². The molecule has 0 bridgehead atoms. The van der Waals surface area contributed by atoms with Crippen LogP contribution in [0.5, 0.6) is 0 Å². The molecular formula is C20H31N3O3S. The van der Waals surface area contributed by atoms with Crippen molar-refractivity contribution in [1.82, 2.24) is 9.62 Å². The molecule has 1 unspecified atom stereocenters. The fourth-order valence-corrected chi connectivity index (χ4v) is 5.47. The van der Waals surface area contributed by atoms with Gasteiger partial charge in [-0.05, 0) is 75.1 Å². The molecule has 6 nitrogen and oxygen atoms in total. The van der Waals surface area contributed by atoms with Gasteiger partial charge in [0, 0.05) is 31.6 Å². The average molecular weight is 394 g/mol. The Morgan fingerprint density at radius 2 is 1.89 bits per heavy atom. The Balaban J connectivity index is 1.59. The smallest absolute Gasteiger partial charge is 0.243 e. The summed E-state index contributed by atoms with van der Waals surface area (Å²) in [7, 11) is -3.49. The van der Waals surface area contributed by atoms with E-state index in [1.165, 1.54) is 21.9 Å². The first-order valence-corrected chi connectivity index (χ1v) is 11.5. The Hall–Kier alpha value is -1.44. The van der Waals surface area contributed by atoms with Crippen LogP contribution in [-0.2, 0) is 27.7 Å². The molecule has 150 valence electrons. The first-order chi connectivity index (χ1) is 12.9. The number of rotatable bonds is 6. The van der Waals surface area contributed by atoms with Crippen molar-refractivity contribution in [2.24, 2.45) is 11.7 Å². The molecule has 3 rings (SSSR count). The third-order valence-corrected chi connectivity index (χ3v) is 7.58. The molecule has 1 amide bonds. The molecule has 1 aliphatic carbocycles. The third-order valence-electron chi connectivity index (χ3n) is 5.68. The van der Waals surface area contributed by atoms with E-state index in [9.17, 15) is 13.2 Å². The molecule has 7 heteroatoms. The van der Waals surface area contributed by atoms with Gasteiger partial charge in [0.1, 0.15) is 0 Å². The van der Waals surface area contributed by atoms with Gasteiger partial charge in [0.05, 0.1) is 4.90 Å². The second-order valence-corrected chi connectivity index (χ2v) is 9.81. The van der Waals surface area contributed by atoms with E-state index < -0.39 is 10.0 Å². The van der Waals surface area contributed by atoms with Gasteiger partial charge in [-0.15, -0.1) is 0 Å². The number of piperidine rings is 1. The lowest BCUT2D eigenvalue weighted by Gasteiger charge is -2.31. The number of benzene rings is 1. The number of sulfonamides is 1. The summed E-state index contributed by atoms with van der Waals surface area (Å²) in [5.41, 5.74) is 8.15. The van der Waals surface area contributed by atoms with Crippen LogP contribution in [0.1, 0.15) is 50.2 Å². The van der Waals surface area contributed by atoms with Crippen molar-refractivity contribution in [3.05, 3.63) is 29.3 Å². The van der Waals surface area contributed by atoms with Crippen LogP contribution in [0.15, 0.2) is 23.1 Å². The largest absolute Gasteiger partial charge is 0.356 e. The number of nitrogens with one attached hydrogen (secondary N) is 1.